The number of halogens is 1. The first kappa shape index (κ1) is 20.3. The van der Waals surface area contributed by atoms with Gasteiger partial charge in [0.25, 0.3) is 5.91 Å². The van der Waals surface area contributed by atoms with Gasteiger partial charge in [-0.05, 0) is 31.2 Å². The van der Waals surface area contributed by atoms with Gasteiger partial charge in [0.15, 0.2) is 0 Å². The van der Waals surface area contributed by atoms with Crippen LogP contribution in [0, 0.1) is 11.7 Å². The van der Waals surface area contributed by atoms with E-state index < -0.39 is 11.9 Å². The van der Waals surface area contributed by atoms with Gasteiger partial charge >= 0.3 is 0 Å². The van der Waals surface area contributed by atoms with Gasteiger partial charge in [-0.2, -0.15) is 0 Å². The summed E-state index contributed by atoms with van der Waals surface area (Å²) >= 11 is 0. The third-order valence-electron chi connectivity index (χ3n) is 4.22. The summed E-state index contributed by atoms with van der Waals surface area (Å²) in [6, 6.07) is 3.77. The van der Waals surface area contributed by atoms with Crippen molar-refractivity contribution < 1.29 is 18.7 Å². The van der Waals surface area contributed by atoms with Gasteiger partial charge in [0, 0.05) is 25.3 Å². The molecule has 1 fully saturated rings. The minimum Gasteiger partial charge on any atom is -0.370 e. The molecule has 1 aliphatic heterocycles. The highest BCUT2D eigenvalue weighted by molar-refractivity contribution is 5.97. The van der Waals surface area contributed by atoms with Crippen LogP contribution in [-0.2, 0) is 14.3 Å². The van der Waals surface area contributed by atoms with Gasteiger partial charge in [-0.3, -0.25) is 14.5 Å². The van der Waals surface area contributed by atoms with Gasteiger partial charge in [-0.25, -0.2) is 4.39 Å². The highest BCUT2D eigenvalue weighted by Crippen LogP contribution is 2.23. The number of benzene rings is 1. The Kier molecular flexibility index (Phi) is 7.07. The molecular weight excluding hydrogens is 339 g/mol. The molecule has 1 aromatic rings. The van der Waals surface area contributed by atoms with E-state index in [2.05, 4.69) is 5.32 Å². The number of likely N-dealkylation sites (N-methyl/N-ethyl adjacent to an activating group) is 1. The maximum atomic E-state index is 14.4. The molecule has 0 bridgehead atoms. The average Bonchev–Trinajstić information content (AvgIpc) is 2.57. The zero-order chi connectivity index (χ0) is 19.3. The topological polar surface area (TPSA) is 87.9 Å². The zero-order valence-electron chi connectivity index (χ0n) is 15.5. The van der Waals surface area contributed by atoms with Crippen LogP contribution in [-0.4, -0.2) is 62.7 Å². The summed E-state index contributed by atoms with van der Waals surface area (Å²) in [5.74, 6) is -0.794. The fraction of sp³-hybridized carbons (Fsp3) is 0.556. The summed E-state index contributed by atoms with van der Waals surface area (Å²) in [6.07, 6.45) is 0. The van der Waals surface area contributed by atoms with Crippen LogP contribution in [0.15, 0.2) is 18.2 Å². The van der Waals surface area contributed by atoms with Crippen LogP contribution < -0.4 is 16.0 Å². The van der Waals surface area contributed by atoms with E-state index in [1.165, 1.54) is 17.0 Å². The normalized spacial score (nSPS) is 16.3. The summed E-state index contributed by atoms with van der Waals surface area (Å²) in [5, 5.41) is 2.59. The molecule has 2 rings (SSSR count). The molecule has 2 amide bonds. The molecule has 1 aromatic carbocycles. The second-order valence-corrected chi connectivity index (χ2v) is 6.84. The molecule has 1 heterocycles. The Hall–Kier alpha value is -2.03. The van der Waals surface area contributed by atoms with Crippen LogP contribution in [0.5, 0.6) is 0 Å². The summed E-state index contributed by atoms with van der Waals surface area (Å²) in [5.41, 5.74) is 6.24. The minimum atomic E-state index is -0.600. The summed E-state index contributed by atoms with van der Waals surface area (Å²) in [4.78, 5) is 27.7. The zero-order valence-corrected chi connectivity index (χ0v) is 15.5. The van der Waals surface area contributed by atoms with E-state index in [9.17, 15) is 14.0 Å². The number of morpholine rings is 1. The molecule has 7 nitrogen and oxygen atoms in total. The van der Waals surface area contributed by atoms with Gasteiger partial charge in [-0.15, -0.1) is 0 Å². The fourth-order valence-electron chi connectivity index (χ4n) is 2.97. The largest absolute Gasteiger partial charge is 0.370 e. The Morgan fingerprint density at radius 3 is 2.77 bits per heavy atom. The molecular formula is C18H27FN4O3. The van der Waals surface area contributed by atoms with Crippen molar-refractivity contribution in [1.29, 1.82) is 0 Å². The highest BCUT2D eigenvalue weighted by Gasteiger charge is 2.24. The monoisotopic (exact) mass is 366 g/mol. The van der Waals surface area contributed by atoms with Crippen molar-refractivity contribution in [2.75, 3.05) is 50.1 Å². The Bertz CT molecular complexity index is 653. The quantitative estimate of drug-likeness (QED) is 0.753. The number of carbonyl (C=O) groups excluding carboxylic acids is 2. The van der Waals surface area contributed by atoms with Crippen LogP contribution in [0.25, 0.3) is 0 Å². The molecule has 0 spiro atoms. The SMILES string of the molecule is CC(C)CN(C)[C@@H](CN)C(=O)Nc1ccc(N2CCOCC2=O)cc1F. The molecule has 1 aliphatic rings. The fourth-order valence-corrected chi connectivity index (χ4v) is 2.97. The predicted octanol–water partition coefficient (Wildman–Crippen LogP) is 1.04. The number of hydrogen-bond donors (Lipinski definition) is 2. The standard InChI is InChI=1S/C18H27FN4O3/c1-12(2)10-22(3)16(9-20)18(25)21-15-5-4-13(8-14(15)19)23-6-7-26-11-17(23)24/h4-5,8,12,16H,6-7,9-11,20H2,1-3H3,(H,21,25)/t16-/m0/s1. The van der Waals surface area contributed by atoms with Gasteiger partial charge in [-0.1, -0.05) is 13.8 Å². The molecule has 3 N–H and O–H groups in total. The average molecular weight is 366 g/mol. The van der Waals surface area contributed by atoms with E-state index in [1.54, 1.807) is 6.07 Å². The lowest BCUT2D eigenvalue weighted by Crippen LogP contribution is -2.48. The van der Waals surface area contributed by atoms with E-state index in [0.717, 1.165) is 0 Å². The first-order chi connectivity index (χ1) is 12.3. The maximum Gasteiger partial charge on any atom is 0.253 e. The van der Waals surface area contributed by atoms with Crippen LogP contribution >= 0.6 is 0 Å². The Morgan fingerprint density at radius 1 is 1.46 bits per heavy atom. The van der Waals surface area contributed by atoms with E-state index >= 15 is 0 Å². The van der Waals surface area contributed by atoms with Crippen molar-refractivity contribution in [3.8, 4) is 0 Å². The Labute approximate surface area is 153 Å². The molecule has 1 saturated heterocycles. The molecule has 0 saturated carbocycles. The van der Waals surface area contributed by atoms with Gasteiger partial charge in [0.1, 0.15) is 18.5 Å². The Balaban J connectivity index is 2.09. The lowest BCUT2D eigenvalue weighted by molar-refractivity contribution is -0.125. The van der Waals surface area contributed by atoms with Crippen molar-refractivity contribution in [2.45, 2.75) is 19.9 Å². The summed E-state index contributed by atoms with van der Waals surface area (Å²) in [6.45, 7) is 5.71. The number of hydrogen-bond acceptors (Lipinski definition) is 5. The van der Waals surface area contributed by atoms with Gasteiger partial charge in [0.05, 0.1) is 12.3 Å². The number of ether oxygens (including phenoxy) is 1. The highest BCUT2D eigenvalue weighted by atomic mass is 19.1. The first-order valence-corrected chi connectivity index (χ1v) is 8.72. The molecule has 0 aliphatic carbocycles. The number of carbonyl (C=O) groups is 2. The lowest BCUT2D eigenvalue weighted by atomic mass is 10.1. The van der Waals surface area contributed by atoms with Crippen molar-refractivity contribution in [3.05, 3.63) is 24.0 Å². The smallest absolute Gasteiger partial charge is 0.253 e. The molecule has 26 heavy (non-hydrogen) atoms. The maximum absolute atomic E-state index is 14.4. The second kappa shape index (κ2) is 9.07. The summed E-state index contributed by atoms with van der Waals surface area (Å²) < 4.78 is 19.5. The third-order valence-corrected chi connectivity index (χ3v) is 4.22. The van der Waals surface area contributed by atoms with Crippen LogP contribution in [0.3, 0.4) is 0 Å². The van der Waals surface area contributed by atoms with Crippen molar-refractivity contribution in [2.24, 2.45) is 11.7 Å². The second-order valence-electron chi connectivity index (χ2n) is 6.84. The van der Waals surface area contributed by atoms with E-state index in [1.807, 2.05) is 25.8 Å². The molecule has 1 atom stereocenters. The van der Waals surface area contributed by atoms with Gasteiger partial charge < -0.3 is 20.7 Å². The van der Waals surface area contributed by atoms with E-state index in [-0.39, 0.29) is 30.7 Å². The number of nitrogens with two attached hydrogens (primary N) is 1. The number of nitrogens with zero attached hydrogens (tertiary/aromatic N) is 2. The predicted molar refractivity (Wildman–Crippen MR) is 98.5 cm³/mol. The molecule has 8 heteroatoms. The number of anilines is 2. The van der Waals surface area contributed by atoms with Crippen LogP contribution in [0.1, 0.15) is 13.8 Å². The van der Waals surface area contributed by atoms with Crippen molar-refractivity contribution in [3.63, 3.8) is 0 Å². The van der Waals surface area contributed by atoms with Crippen LogP contribution in [0.4, 0.5) is 15.8 Å². The number of amides is 2. The number of rotatable bonds is 7. The minimum absolute atomic E-state index is 0.0134. The molecule has 144 valence electrons. The Morgan fingerprint density at radius 2 is 2.19 bits per heavy atom. The third kappa shape index (κ3) is 5.00. The van der Waals surface area contributed by atoms with Crippen molar-refractivity contribution in [1.82, 2.24) is 4.90 Å². The molecule has 0 radical (unpaired) electrons. The molecule has 0 unspecified atom stereocenters. The van der Waals surface area contributed by atoms with Crippen molar-refractivity contribution >= 4 is 23.2 Å². The van der Waals surface area contributed by atoms with E-state index in [4.69, 9.17) is 10.5 Å². The summed E-state index contributed by atoms with van der Waals surface area (Å²) in [7, 11) is 1.82. The van der Waals surface area contributed by atoms with Crippen LogP contribution in [0.2, 0.25) is 0 Å². The lowest BCUT2D eigenvalue weighted by Gasteiger charge is -2.28. The molecule has 0 aromatic heterocycles. The first-order valence-electron chi connectivity index (χ1n) is 8.72. The van der Waals surface area contributed by atoms with E-state index in [0.29, 0.717) is 31.3 Å². The van der Waals surface area contributed by atoms with Gasteiger partial charge in [0.2, 0.25) is 5.91 Å². The number of nitrogens with one attached hydrogen (secondary N) is 1.